The molecule has 0 aromatic heterocycles. The average molecular weight is 465 g/mol. The molecule has 0 bridgehead atoms. The second-order valence-corrected chi connectivity index (χ2v) is 9.49. The van der Waals surface area contributed by atoms with E-state index in [1.807, 2.05) is 0 Å². The van der Waals surface area contributed by atoms with Gasteiger partial charge in [0.05, 0.1) is 6.61 Å². The molecule has 1 heterocycles. The highest BCUT2D eigenvalue weighted by molar-refractivity contribution is 9.09. The molecular weight excluding hydrogens is 422 g/mol. The minimum atomic E-state index is 0.854. The molecule has 29 heavy (non-hydrogen) atoms. The van der Waals surface area contributed by atoms with Crippen molar-refractivity contribution in [3.8, 4) is 5.75 Å². The van der Waals surface area contributed by atoms with Gasteiger partial charge in [0.15, 0.2) is 0 Å². The van der Waals surface area contributed by atoms with Gasteiger partial charge in [-0.1, -0.05) is 78.9 Å². The van der Waals surface area contributed by atoms with Crippen LogP contribution in [0.2, 0.25) is 0 Å². The van der Waals surface area contributed by atoms with E-state index in [0.29, 0.717) is 0 Å². The lowest BCUT2D eigenvalue weighted by Crippen LogP contribution is -2.29. The predicted molar refractivity (Wildman–Crippen MR) is 132 cm³/mol. The number of halogens is 1. The Morgan fingerprint density at radius 1 is 0.966 bits per heavy atom. The van der Waals surface area contributed by atoms with Crippen LogP contribution in [0.4, 0.5) is 5.69 Å². The molecule has 164 valence electrons. The molecule has 0 aliphatic carbocycles. The number of nitrogens with zero attached hydrogens (tertiary/aromatic N) is 1. The van der Waals surface area contributed by atoms with Crippen LogP contribution in [0.25, 0.3) is 0 Å². The first-order valence-corrected chi connectivity index (χ1v) is 13.0. The highest BCUT2D eigenvalue weighted by Gasteiger charge is 2.16. The highest BCUT2D eigenvalue weighted by Crippen LogP contribution is 2.30. The summed E-state index contributed by atoms with van der Waals surface area (Å²) in [7, 11) is 0. The SMILES string of the molecule is CC(C)=CCN1CCCc2cc(OCCCCCCCCCCCCBr)ccc21. The Morgan fingerprint density at radius 3 is 2.28 bits per heavy atom. The Labute approximate surface area is 188 Å². The third kappa shape index (κ3) is 10.1. The van der Waals surface area contributed by atoms with Crippen molar-refractivity contribution < 1.29 is 4.74 Å². The van der Waals surface area contributed by atoms with Gasteiger partial charge in [0, 0.05) is 24.1 Å². The van der Waals surface area contributed by atoms with Gasteiger partial charge >= 0.3 is 0 Å². The summed E-state index contributed by atoms with van der Waals surface area (Å²) < 4.78 is 6.05. The second-order valence-electron chi connectivity index (χ2n) is 8.69. The Balaban J connectivity index is 1.58. The van der Waals surface area contributed by atoms with Crippen molar-refractivity contribution in [2.45, 2.75) is 90.9 Å². The van der Waals surface area contributed by atoms with E-state index in [2.05, 4.69) is 59.0 Å². The molecule has 1 aliphatic rings. The van der Waals surface area contributed by atoms with Crippen LogP contribution in [0.5, 0.6) is 5.75 Å². The molecule has 0 radical (unpaired) electrons. The largest absolute Gasteiger partial charge is 0.494 e. The van der Waals surface area contributed by atoms with Crippen LogP contribution >= 0.6 is 15.9 Å². The smallest absolute Gasteiger partial charge is 0.119 e. The quantitative estimate of drug-likeness (QED) is 0.148. The molecular formula is C26H42BrNO. The van der Waals surface area contributed by atoms with Crippen molar-refractivity contribution in [1.82, 2.24) is 0 Å². The Hall–Kier alpha value is -0.960. The van der Waals surface area contributed by atoms with E-state index in [0.717, 1.165) is 30.8 Å². The number of aryl methyl sites for hydroxylation is 1. The lowest BCUT2D eigenvalue weighted by molar-refractivity contribution is 0.304. The van der Waals surface area contributed by atoms with Crippen LogP contribution in [0, 0.1) is 0 Å². The molecule has 0 N–H and O–H groups in total. The van der Waals surface area contributed by atoms with Gasteiger partial charge in [-0.2, -0.15) is 0 Å². The maximum absolute atomic E-state index is 6.05. The number of fused-ring (bicyclic) bond motifs is 1. The number of anilines is 1. The number of alkyl halides is 1. The summed E-state index contributed by atoms with van der Waals surface area (Å²) >= 11 is 3.50. The van der Waals surface area contributed by atoms with Crippen LogP contribution in [-0.2, 0) is 6.42 Å². The lowest BCUT2D eigenvalue weighted by atomic mass is 10.0. The van der Waals surface area contributed by atoms with Crippen molar-refractivity contribution >= 4 is 21.6 Å². The van der Waals surface area contributed by atoms with E-state index in [-0.39, 0.29) is 0 Å². The molecule has 0 saturated heterocycles. The minimum Gasteiger partial charge on any atom is -0.494 e. The molecule has 0 unspecified atom stereocenters. The van der Waals surface area contributed by atoms with Gasteiger partial charge < -0.3 is 9.64 Å². The maximum atomic E-state index is 6.05. The molecule has 2 rings (SSSR count). The summed E-state index contributed by atoms with van der Waals surface area (Å²) in [4.78, 5) is 2.50. The van der Waals surface area contributed by atoms with Gasteiger partial charge in [-0.25, -0.2) is 0 Å². The summed E-state index contributed by atoms with van der Waals surface area (Å²) in [6.07, 6.45) is 18.3. The summed E-state index contributed by atoms with van der Waals surface area (Å²) in [5.41, 5.74) is 4.24. The lowest BCUT2D eigenvalue weighted by Gasteiger charge is -2.31. The fraction of sp³-hybridized carbons (Fsp3) is 0.692. The number of hydrogen-bond acceptors (Lipinski definition) is 2. The summed E-state index contributed by atoms with van der Waals surface area (Å²) in [5, 5.41) is 1.16. The summed E-state index contributed by atoms with van der Waals surface area (Å²) in [5.74, 6) is 1.05. The standard InChI is InChI=1S/C26H42BrNO/c1-23(2)17-20-28-19-13-14-24-22-25(15-16-26(24)28)29-21-12-10-8-6-4-3-5-7-9-11-18-27/h15-17,22H,3-14,18-21H2,1-2H3. The molecule has 3 heteroatoms. The van der Waals surface area contributed by atoms with Crippen molar-refractivity contribution in [2.75, 3.05) is 29.9 Å². The first-order valence-electron chi connectivity index (χ1n) is 11.9. The van der Waals surface area contributed by atoms with Crippen LogP contribution in [0.1, 0.15) is 90.0 Å². The zero-order valence-corrected chi connectivity index (χ0v) is 20.4. The number of unbranched alkanes of at least 4 members (excludes halogenated alkanes) is 9. The molecule has 0 saturated carbocycles. The van der Waals surface area contributed by atoms with Gasteiger partial charge in [0.1, 0.15) is 5.75 Å². The summed E-state index contributed by atoms with van der Waals surface area (Å²) in [6, 6.07) is 6.70. The number of allylic oxidation sites excluding steroid dienone is 1. The van der Waals surface area contributed by atoms with Crippen LogP contribution in [-0.4, -0.2) is 25.0 Å². The normalized spacial score (nSPS) is 13.3. The number of hydrogen-bond donors (Lipinski definition) is 0. The second kappa shape index (κ2) is 14.9. The molecule has 1 aromatic carbocycles. The van der Waals surface area contributed by atoms with Crippen LogP contribution in [0.15, 0.2) is 29.8 Å². The van der Waals surface area contributed by atoms with Gasteiger partial charge in [-0.15, -0.1) is 0 Å². The van der Waals surface area contributed by atoms with Crippen molar-refractivity contribution in [2.24, 2.45) is 0 Å². The average Bonchev–Trinajstić information content (AvgIpc) is 2.72. The first kappa shape index (κ1) is 24.3. The molecule has 0 atom stereocenters. The topological polar surface area (TPSA) is 12.5 Å². The van der Waals surface area contributed by atoms with E-state index in [1.54, 1.807) is 0 Å². The third-order valence-corrected chi connectivity index (χ3v) is 6.34. The number of ether oxygens (including phenoxy) is 1. The van der Waals surface area contributed by atoms with Gasteiger partial charge in [0.25, 0.3) is 0 Å². The number of benzene rings is 1. The number of rotatable bonds is 15. The van der Waals surface area contributed by atoms with E-state index in [9.17, 15) is 0 Å². The fourth-order valence-corrected chi connectivity index (χ4v) is 4.42. The molecule has 2 nitrogen and oxygen atoms in total. The van der Waals surface area contributed by atoms with E-state index in [1.165, 1.54) is 93.9 Å². The van der Waals surface area contributed by atoms with Crippen LogP contribution < -0.4 is 9.64 Å². The molecule has 0 amide bonds. The highest BCUT2D eigenvalue weighted by atomic mass is 79.9. The molecule has 1 aliphatic heterocycles. The Bertz CT molecular complexity index is 594. The van der Waals surface area contributed by atoms with Gasteiger partial charge in [0.2, 0.25) is 0 Å². The van der Waals surface area contributed by atoms with Crippen molar-refractivity contribution in [3.63, 3.8) is 0 Å². The monoisotopic (exact) mass is 463 g/mol. The minimum absolute atomic E-state index is 0.854. The van der Waals surface area contributed by atoms with Crippen molar-refractivity contribution in [1.29, 1.82) is 0 Å². The van der Waals surface area contributed by atoms with Gasteiger partial charge in [-0.3, -0.25) is 0 Å². The van der Waals surface area contributed by atoms with E-state index < -0.39 is 0 Å². The molecule has 0 spiro atoms. The molecule has 1 aromatic rings. The zero-order valence-electron chi connectivity index (χ0n) is 18.9. The first-order chi connectivity index (χ1) is 14.2. The van der Waals surface area contributed by atoms with E-state index >= 15 is 0 Å². The van der Waals surface area contributed by atoms with E-state index in [4.69, 9.17) is 4.74 Å². The fourth-order valence-electron chi connectivity index (χ4n) is 4.02. The Kier molecular flexibility index (Phi) is 12.5. The van der Waals surface area contributed by atoms with Crippen molar-refractivity contribution in [3.05, 3.63) is 35.4 Å². The van der Waals surface area contributed by atoms with Gasteiger partial charge in [-0.05, 0) is 63.3 Å². The molecule has 0 fully saturated rings. The third-order valence-electron chi connectivity index (χ3n) is 5.78. The summed E-state index contributed by atoms with van der Waals surface area (Å²) in [6.45, 7) is 7.39. The zero-order chi connectivity index (χ0) is 20.7. The predicted octanol–water partition coefficient (Wildman–Crippen LogP) is 8.08. The Morgan fingerprint density at radius 2 is 1.62 bits per heavy atom. The maximum Gasteiger partial charge on any atom is 0.119 e. The van der Waals surface area contributed by atoms with Crippen LogP contribution in [0.3, 0.4) is 0 Å².